The largest absolute Gasteiger partial charge is 0.465 e. The molecule has 1 unspecified atom stereocenters. The van der Waals surface area contributed by atoms with Gasteiger partial charge < -0.3 is 10.0 Å². The van der Waals surface area contributed by atoms with Crippen LogP contribution in [0.3, 0.4) is 0 Å². The minimum atomic E-state index is -1.00. The molecule has 0 spiro atoms. The van der Waals surface area contributed by atoms with E-state index in [1.165, 1.54) is 17.0 Å². The van der Waals surface area contributed by atoms with Crippen LogP contribution in [-0.2, 0) is 11.2 Å². The van der Waals surface area contributed by atoms with E-state index in [1.807, 2.05) is 4.90 Å². The van der Waals surface area contributed by atoms with Crippen molar-refractivity contribution in [3.63, 3.8) is 0 Å². The second kappa shape index (κ2) is 7.85. The van der Waals surface area contributed by atoms with Crippen LogP contribution in [0, 0.1) is 11.7 Å². The minimum absolute atomic E-state index is 0.0501. The fraction of sp³-hybridized carbons (Fsp3) is 0.579. The molecule has 3 rings (SSSR count). The van der Waals surface area contributed by atoms with E-state index < -0.39 is 12.1 Å². The van der Waals surface area contributed by atoms with E-state index in [-0.39, 0.29) is 11.7 Å². The molecule has 0 radical (unpaired) electrons. The molecule has 25 heavy (non-hydrogen) atoms. The summed E-state index contributed by atoms with van der Waals surface area (Å²) in [5.41, 5.74) is 1.07. The third kappa shape index (κ3) is 4.30. The van der Waals surface area contributed by atoms with Crippen LogP contribution in [-0.4, -0.2) is 52.6 Å². The first-order valence-corrected chi connectivity index (χ1v) is 9.07. The second-order valence-corrected chi connectivity index (χ2v) is 7.11. The van der Waals surface area contributed by atoms with Crippen LogP contribution in [0.4, 0.5) is 9.18 Å². The molecular formula is C19H25FN2O3. The average molecular weight is 348 g/mol. The van der Waals surface area contributed by atoms with Gasteiger partial charge in [-0.25, -0.2) is 9.18 Å². The van der Waals surface area contributed by atoms with E-state index in [1.54, 1.807) is 12.1 Å². The molecule has 0 aliphatic carbocycles. The fourth-order valence-corrected chi connectivity index (χ4v) is 4.01. The van der Waals surface area contributed by atoms with Gasteiger partial charge in [-0.2, -0.15) is 0 Å². The highest BCUT2D eigenvalue weighted by Crippen LogP contribution is 2.25. The smallest absolute Gasteiger partial charge is 0.407 e. The van der Waals surface area contributed by atoms with E-state index in [4.69, 9.17) is 0 Å². The highest BCUT2D eigenvalue weighted by Gasteiger charge is 2.36. The van der Waals surface area contributed by atoms with Crippen molar-refractivity contribution < 1.29 is 19.1 Å². The average Bonchev–Trinajstić information content (AvgIpc) is 2.63. The van der Waals surface area contributed by atoms with E-state index in [9.17, 15) is 19.1 Å². The second-order valence-electron chi connectivity index (χ2n) is 7.11. The third-order valence-corrected chi connectivity index (χ3v) is 5.30. The molecule has 0 bridgehead atoms. The Morgan fingerprint density at radius 3 is 2.56 bits per heavy atom. The molecule has 2 fully saturated rings. The molecule has 5 nitrogen and oxygen atoms in total. The molecule has 1 aromatic carbocycles. The number of carboxylic acid groups (broad SMARTS) is 1. The molecule has 0 saturated carbocycles. The summed E-state index contributed by atoms with van der Waals surface area (Å²) in [5, 5.41) is 9.35. The Balaban J connectivity index is 1.62. The Morgan fingerprint density at radius 2 is 1.84 bits per heavy atom. The molecule has 1 N–H and O–H groups in total. The number of benzene rings is 1. The quantitative estimate of drug-likeness (QED) is 0.913. The molecule has 2 aliphatic rings. The van der Waals surface area contributed by atoms with E-state index in [2.05, 4.69) is 0 Å². The Kier molecular flexibility index (Phi) is 5.56. The summed E-state index contributed by atoms with van der Waals surface area (Å²) in [4.78, 5) is 27.4. The van der Waals surface area contributed by atoms with E-state index in [0.29, 0.717) is 32.0 Å². The number of rotatable bonds is 3. The van der Waals surface area contributed by atoms with Crippen LogP contribution in [0.2, 0.25) is 0 Å². The summed E-state index contributed by atoms with van der Waals surface area (Å²) in [6, 6.07) is 5.99. The van der Waals surface area contributed by atoms with Crippen LogP contribution >= 0.6 is 0 Å². The van der Waals surface area contributed by atoms with Gasteiger partial charge in [0.25, 0.3) is 0 Å². The highest BCUT2D eigenvalue weighted by molar-refractivity contribution is 5.85. The first kappa shape index (κ1) is 17.7. The number of hydrogen-bond acceptors (Lipinski definition) is 2. The van der Waals surface area contributed by atoms with Crippen molar-refractivity contribution in [1.29, 1.82) is 0 Å². The lowest BCUT2D eigenvalue weighted by Crippen LogP contribution is -2.54. The Morgan fingerprint density at radius 1 is 1.08 bits per heavy atom. The minimum Gasteiger partial charge on any atom is -0.465 e. The lowest BCUT2D eigenvalue weighted by atomic mass is 9.90. The van der Waals surface area contributed by atoms with Crippen LogP contribution in [0.15, 0.2) is 24.3 Å². The van der Waals surface area contributed by atoms with Crippen molar-refractivity contribution >= 4 is 12.0 Å². The molecule has 2 atom stereocenters. The third-order valence-electron chi connectivity index (χ3n) is 5.30. The summed E-state index contributed by atoms with van der Waals surface area (Å²) in [7, 11) is 0. The van der Waals surface area contributed by atoms with Gasteiger partial charge in [0.15, 0.2) is 0 Å². The molecule has 2 heterocycles. The van der Waals surface area contributed by atoms with Crippen molar-refractivity contribution in [1.82, 2.24) is 9.80 Å². The van der Waals surface area contributed by atoms with Crippen LogP contribution in [0.5, 0.6) is 0 Å². The van der Waals surface area contributed by atoms with Crippen molar-refractivity contribution in [2.24, 2.45) is 5.92 Å². The summed E-state index contributed by atoms with van der Waals surface area (Å²) >= 11 is 0. The lowest BCUT2D eigenvalue weighted by molar-refractivity contribution is -0.139. The number of piperidine rings is 2. The first-order valence-electron chi connectivity index (χ1n) is 9.07. The predicted molar refractivity (Wildman–Crippen MR) is 91.8 cm³/mol. The summed E-state index contributed by atoms with van der Waals surface area (Å²) in [6.45, 7) is 1.79. The molecule has 136 valence electrons. The van der Waals surface area contributed by atoms with Gasteiger partial charge in [0.2, 0.25) is 5.91 Å². The van der Waals surface area contributed by atoms with Gasteiger partial charge in [0.1, 0.15) is 11.9 Å². The Hall–Kier alpha value is -2.11. The zero-order chi connectivity index (χ0) is 17.8. The Labute approximate surface area is 147 Å². The molecule has 1 aromatic rings. The summed E-state index contributed by atoms with van der Waals surface area (Å²) < 4.78 is 13.0. The number of amides is 2. The maximum absolute atomic E-state index is 13.0. The molecule has 2 amide bonds. The zero-order valence-electron chi connectivity index (χ0n) is 14.4. The van der Waals surface area contributed by atoms with Crippen LogP contribution in [0.1, 0.15) is 37.7 Å². The fourth-order valence-electron chi connectivity index (χ4n) is 4.01. The SMILES string of the molecule is O=C([C@@H]1CCCCN1C(=O)O)N1CCCC(Cc2ccc(F)cc2)C1. The molecule has 2 saturated heterocycles. The van der Waals surface area contributed by atoms with E-state index in [0.717, 1.165) is 37.7 Å². The maximum atomic E-state index is 13.0. The number of carbonyl (C=O) groups is 2. The van der Waals surface area contributed by atoms with Gasteiger partial charge >= 0.3 is 6.09 Å². The van der Waals surface area contributed by atoms with Gasteiger partial charge in [-0.05, 0) is 62.1 Å². The van der Waals surface area contributed by atoms with Gasteiger partial charge in [0, 0.05) is 19.6 Å². The van der Waals surface area contributed by atoms with Gasteiger partial charge in [-0.1, -0.05) is 12.1 Å². The number of likely N-dealkylation sites (tertiary alicyclic amines) is 2. The molecule has 2 aliphatic heterocycles. The summed E-state index contributed by atoms with van der Waals surface area (Å²) in [5.74, 6) is 0.0474. The standard InChI is InChI=1S/C19H25FN2O3/c20-16-8-6-14(7-9-16)12-15-4-3-10-21(13-15)18(23)17-5-1-2-11-22(17)19(24)25/h6-9,15,17H,1-5,10-13H2,(H,24,25)/t15?,17-/m0/s1. The maximum Gasteiger partial charge on any atom is 0.407 e. The normalized spacial score (nSPS) is 24.2. The molecular weight excluding hydrogens is 323 g/mol. The number of carbonyl (C=O) groups excluding carboxylic acids is 1. The highest BCUT2D eigenvalue weighted by atomic mass is 19.1. The molecule has 6 heteroatoms. The predicted octanol–water partition coefficient (Wildman–Crippen LogP) is 3.14. The Bertz CT molecular complexity index is 620. The number of halogens is 1. The van der Waals surface area contributed by atoms with Crippen molar-refractivity contribution in [2.75, 3.05) is 19.6 Å². The topological polar surface area (TPSA) is 60.9 Å². The van der Waals surface area contributed by atoms with Gasteiger partial charge in [-0.3, -0.25) is 9.69 Å². The van der Waals surface area contributed by atoms with Gasteiger partial charge in [-0.15, -0.1) is 0 Å². The van der Waals surface area contributed by atoms with Crippen LogP contribution < -0.4 is 0 Å². The van der Waals surface area contributed by atoms with Crippen molar-refractivity contribution in [3.8, 4) is 0 Å². The van der Waals surface area contributed by atoms with Gasteiger partial charge in [0.05, 0.1) is 0 Å². The lowest BCUT2D eigenvalue weighted by Gasteiger charge is -2.39. The summed E-state index contributed by atoms with van der Waals surface area (Å²) in [6.07, 6.45) is 4.11. The molecule has 0 aromatic heterocycles. The zero-order valence-corrected chi connectivity index (χ0v) is 14.4. The monoisotopic (exact) mass is 348 g/mol. The van der Waals surface area contributed by atoms with Crippen molar-refractivity contribution in [3.05, 3.63) is 35.6 Å². The van der Waals surface area contributed by atoms with Crippen molar-refractivity contribution in [2.45, 2.75) is 44.6 Å². The number of hydrogen-bond donors (Lipinski definition) is 1. The van der Waals surface area contributed by atoms with E-state index >= 15 is 0 Å². The van der Waals surface area contributed by atoms with Crippen LogP contribution in [0.25, 0.3) is 0 Å². The first-order chi connectivity index (χ1) is 12.0. The number of nitrogens with zero attached hydrogens (tertiary/aromatic N) is 2.